The fourth-order valence-electron chi connectivity index (χ4n) is 4.38. The first-order valence-corrected chi connectivity index (χ1v) is 11.1. The van der Waals surface area contributed by atoms with Gasteiger partial charge in [0.2, 0.25) is 17.7 Å². The van der Waals surface area contributed by atoms with E-state index in [1.807, 2.05) is 9.80 Å². The van der Waals surface area contributed by atoms with Crippen molar-refractivity contribution in [2.45, 2.75) is 44.9 Å². The minimum atomic E-state index is 0.0210. The molecule has 0 radical (unpaired) electrons. The number of hydrogen-bond acceptors (Lipinski definition) is 7. The summed E-state index contributed by atoms with van der Waals surface area (Å²) in [5.41, 5.74) is 0. The van der Waals surface area contributed by atoms with E-state index < -0.39 is 0 Å². The highest BCUT2D eigenvalue weighted by Crippen LogP contribution is 2.29. The molecule has 2 amide bonds. The Kier molecular flexibility index (Phi) is 6.99. The molecule has 4 rings (SSSR count). The molecular formula is C21H32N4O5. The summed E-state index contributed by atoms with van der Waals surface area (Å²) in [6.07, 6.45) is 4.27. The molecule has 3 aliphatic heterocycles. The largest absolute Gasteiger partial charge is 0.381 e. The van der Waals surface area contributed by atoms with Gasteiger partial charge in [0.1, 0.15) is 0 Å². The second-order valence-electron chi connectivity index (χ2n) is 8.65. The molecule has 3 fully saturated rings. The lowest BCUT2D eigenvalue weighted by Crippen LogP contribution is -2.52. The van der Waals surface area contributed by atoms with Crippen LogP contribution in [0.5, 0.6) is 0 Å². The number of carbonyl (C=O) groups excluding carboxylic acids is 2. The quantitative estimate of drug-likeness (QED) is 0.612. The van der Waals surface area contributed by atoms with E-state index in [9.17, 15) is 9.59 Å². The predicted molar refractivity (Wildman–Crippen MR) is 107 cm³/mol. The molecule has 0 N–H and O–H groups in total. The molecule has 9 nitrogen and oxygen atoms in total. The standard InChI is InChI=1S/C21H32N4O5/c1-15(26)24-7-2-17(3-8-24)21(27)25-12-18(13-25)20-22-19(23-30-20)6-11-29-14-16-4-9-28-10-5-16/h16-18H,2-14H2,1H3. The third-order valence-electron chi connectivity index (χ3n) is 6.48. The molecule has 4 heterocycles. The Morgan fingerprint density at radius 2 is 1.83 bits per heavy atom. The van der Waals surface area contributed by atoms with Gasteiger partial charge in [-0.15, -0.1) is 0 Å². The van der Waals surface area contributed by atoms with E-state index in [0.717, 1.165) is 45.5 Å². The van der Waals surface area contributed by atoms with Crippen molar-refractivity contribution in [3.8, 4) is 0 Å². The van der Waals surface area contributed by atoms with E-state index in [0.29, 0.717) is 56.8 Å². The van der Waals surface area contributed by atoms with Crippen molar-refractivity contribution in [2.75, 3.05) is 52.6 Å². The number of rotatable bonds is 7. The summed E-state index contributed by atoms with van der Waals surface area (Å²) in [5, 5.41) is 4.06. The van der Waals surface area contributed by atoms with Crippen LogP contribution in [0.25, 0.3) is 0 Å². The van der Waals surface area contributed by atoms with Crippen molar-refractivity contribution in [1.29, 1.82) is 0 Å². The van der Waals surface area contributed by atoms with Crippen molar-refractivity contribution >= 4 is 11.8 Å². The number of nitrogens with zero attached hydrogens (tertiary/aromatic N) is 4. The van der Waals surface area contributed by atoms with Crippen molar-refractivity contribution in [3.63, 3.8) is 0 Å². The summed E-state index contributed by atoms with van der Waals surface area (Å²) in [6.45, 7) is 7.21. The monoisotopic (exact) mass is 420 g/mol. The molecule has 3 aliphatic rings. The van der Waals surface area contributed by atoms with Crippen LogP contribution in [0.2, 0.25) is 0 Å². The number of ether oxygens (including phenoxy) is 2. The van der Waals surface area contributed by atoms with Crippen LogP contribution in [0.15, 0.2) is 4.52 Å². The van der Waals surface area contributed by atoms with Gasteiger partial charge in [-0.2, -0.15) is 4.98 Å². The predicted octanol–water partition coefficient (Wildman–Crippen LogP) is 1.24. The van der Waals surface area contributed by atoms with Gasteiger partial charge in [-0.3, -0.25) is 9.59 Å². The van der Waals surface area contributed by atoms with Crippen molar-refractivity contribution in [2.24, 2.45) is 11.8 Å². The topological polar surface area (TPSA) is 98.0 Å². The van der Waals surface area contributed by atoms with Gasteiger partial charge in [-0.1, -0.05) is 5.16 Å². The molecule has 1 aromatic heterocycles. The molecule has 0 aromatic carbocycles. The van der Waals surface area contributed by atoms with Gasteiger partial charge < -0.3 is 23.8 Å². The summed E-state index contributed by atoms with van der Waals surface area (Å²) >= 11 is 0. The highest BCUT2D eigenvalue weighted by Gasteiger charge is 2.39. The first-order chi connectivity index (χ1) is 14.6. The SMILES string of the molecule is CC(=O)N1CCC(C(=O)N2CC(c3nc(CCOCC4CCOCC4)no3)C2)CC1. The number of aromatic nitrogens is 2. The number of carbonyl (C=O) groups is 2. The first-order valence-electron chi connectivity index (χ1n) is 11.1. The Balaban J connectivity index is 1.14. The van der Waals surface area contributed by atoms with Crippen LogP contribution in [0, 0.1) is 11.8 Å². The van der Waals surface area contributed by atoms with Crippen LogP contribution in [0.1, 0.15) is 50.2 Å². The summed E-state index contributed by atoms with van der Waals surface area (Å²) < 4.78 is 16.5. The van der Waals surface area contributed by atoms with Gasteiger partial charge in [-0.05, 0) is 31.6 Å². The minimum Gasteiger partial charge on any atom is -0.381 e. The van der Waals surface area contributed by atoms with Crippen LogP contribution in [0.3, 0.4) is 0 Å². The van der Waals surface area contributed by atoms with Gasteiger partial charge in [0.05, 0.1) is 12.5 Å². The molecule has 0 aliphatic carbocycles. The molecule has 30 heavy (non-hydrogen) atoms. The molecule has 0 saturated carbocycles. The lowest BCUT2D eigenvalue weighted by Gasteiger charge is -2.41. The summed E-state index contributed by atoms with van der Waals surface area (Å²) in [6, 6.07) is 0. The van der Waals surface area contributed by atoms with Crippen LogP contribution in [-0.4, -0.2) is 84.4 Å². The van der Waals surface area contributed by atoms with Gasteiger partial charge in [0.25, 0.3) is 0 Å². The van der Waals surface area contributed by atoms with Crippen LogP contribution in [-0.2, 0) is 25.5 Å². The van der Waals surface area contributed by atoms with E-state index in [-0.39, 0.29) is 23.7 Å². The van der Waals surface area contributed by atoms with Crippen molar-refractivity contribution in [3.05, 3.63) is 11.7 Å². The second-order valence-corrected chi connectivity index (χ2v) is 8.65. The molecule has 3 saturated heterocycles. The maximum Gasteiger partial charge on any atom is 0.233 e. The van der Waals surface area contributed by atoms with E-state index in [4.69, 9.17) is 14.0 Å². The fourth-order valence-corrected chi connectivity index (χ4v) is 4.38. The molecular weight excluding hydrogens is 388 g/mol. The summed E-state index contributed by atoms with van der Waals surface area (Å²) in [5.74, 6) is 2.29. The third kappa shape index (κ3) is 5.18. The lowest BCUT2D eigenvalue weighted by molar-refractivity contribution is -0.144. The van der Waals surface area contributed by atoms with Crippen molar-refractivity contribution in [1.82, 2.24) is 19.9 Å². The molecule has 9 heteroatoms. The Morgan fingerprint density at radius 3 is 2.53 bits per heavy atom. The molecule has 0 bridgehead atoms. The molecule has 166 valence electrons. The fraction of sp³-hybridized carbons (Fsp3) is 0.810. The second kappa shape index (κ2) is 9.87. The van der Waals surface area contributed by atoms with E-state index in [2.05, 4.69) is 10.1 Å². The van der Waals surface area contributed by atoms with E-state index >= 15 is 0 Å². The van der Waals surface area contributed by atoms with Gasteiger partial charge in [0, 0.05) is 65.3 Å². The van der Waals surface area contributed by atoms with Gasteiger partial charge in [0.15, 0.2) is 5.82 Å². The number of amides is 2. The van der Waals surface area contributed by atoms with Crippen LogP contribution < -0.4 is 0 Å². The summed E-state index contributed by atoms with van der Waals surface area (Å²) in [7, 11) is 0. The molecule has 0 unspecified atom stereocenters. The third-order valence-corrected chi connectivity index (χ3v) is 6.48. The average Bonchev–Trinajstić information content (AvgIpc) is 3.19. The Labute approximate surface area is 177 Å². The zero-order chi connectivity index (χ0) is 20.9. The number of piperidine rings is 1. The van der Waals surface area contributed by atoms with E-state index in [1.54, 1.807) is 6.92 Å². The number of likely N-dealkylation sites (tertiary alicyclic amines) is 2. The summed E-state index contributed by atoms with van der Waals surface area (Å²) in [4.78, 5) is 32.3. The molecule has 0 spiro atoms. The van der Waals surface area contributed by atoms with Crippen LogP contribution >= 0.6 is 0 Å². The smallest absolute Gasteiger partial charge is 0.233 e. The zero-order valence-corrected chi connectivity index (χ0v) is 17.8. The minimum absolute atomic E-state index is 0.0210. The Bertz CT molecular complexity index is 719. The maximum absolute atomic E-state index is 12.7. The molecule has 1 aromatic rings. The lowest BCUT2D eigenvalue weighted by atomic mass is 9.91. The van der Waals surface area contributed by atoms with E-state index in [1.165, 1.54) is 0 Å². The average molecular weight is 421 g/mol. The number of hydrogen-bond donors (Lipinski definition) is 0. The first kappa shape index (κ1) is 21.2. The normalized spacial score (nSPS) is 21.6. The maximum atomic E-state index is 12.7. The van der Waals surface area contributed by atoms with Crippen LogP contribution in [0.4, 0.5) is 0 Å². The highest BCUT2D eigenvalue weighted by molar-refractivity contribution is 5.80. The van der Waals surface area contributed by atoms with Gasteiger partial charge >= 0.3 is 0 Å². The zero-order valence-electron chi connectivity index (χ0n) is 17.8. The van der Waals surface area contributed by atoms with Crippen molar-refractivity contribution < 1.29 is 23.6 Å². The van der Waals surface area contributed by atoms with Gasteiger partial charge in [-0.25, -0.2) is 0 Å². The molecule has 0 atom stereocenters. The Morgan fingerprint density at radius 1 is 1.10 bits per heavy atom. The highest BCUT2D eigenvalue weighted by atomic mass is 16.5. The Hall–Kier alpha value is -2.00.